The number of carbonyl (C=O) groups is 1. The predicted octanol–water partition coefficient (Wildman–Crippen LogP) is -1.26. The molecule has 0 fully saturated rings. The maximum atomic E-state index is 8.25. The van der Waals surface area contributed by atoms with Crippen molar-refractivity contribution in [1.82, 2.24) is 6.15 Å². The standard InChI is InChI=1S/CH2O2.H3N.Zn/c2-1-3;;/h1H,(H,2,3);1H3;/q;;+2. The molecule has 0 heterocycles. The van der Waals surface area contributed by atoms with Crippen molar-refractivity contribution in [3.8, 4) is 0 Å². The number of carbonyl (C=O) groups excluding carboxylic acids is 1. The Bertz CT molecular complexity index is 17.1. The molecule has 4 N–H and O–H groups in total. The number of hydrogen-bond donors (Lipinski definition) is 1. The summed E-state index contributed by atoms with van der Waals surface area (Å²) in [5.41, 5.74) is 0. The number of quaternary nitrogens is 1. The fourth-order valence-corrected chi connectivity index (χ4v) is 0. The Hall–Kier alpha value is 0.0534. The molecule has 0 bridgehead atoms. The van der Waals surface area contributed by atoms with Crippen molar-refractivity contribution in [3.63, 3.8) is 0 Å². The molecule has 4 heteroatoms. The molecule has 0 aliphatic rings. The second-order valence-corrected chi connectivity index (χ2v) is 0.0962. The van der Waals surface area contributed by atoms with Gasteiger partial charge in [-0.1, -0.05) is 0 Å². The molecule has 0 aliphatic carbocycles. The summed E-state index contributed by atoms with van der Waals surface area (Å²) in [5, 5.41) is 8.25. The first kappa shape index (κ1) is 19.7. The second kappa shape index (κ2) is 34.1. The minimum Gasteiger partial charge on any atom is -0.554 e. The van der Waals surface area contributed by atoms with E-state index in [1.54, 1.807) is 0 Å². The Morgan fingerprint density at radius 1 is 1.60 bits per heavy atom. The van der Waals surface area contributed by atoms with Gasteiger partial charge < -0.3 is 16.1 Å². The van der Waals surface area contributed by atoms with Crippen LogP contribution in [-0.2, 0) is 24.3 Å². The largest absolute Gasteiger partial charge is 2.00 e. The van der Waals surface area contributed by atoms with Crippen molar-refractivity contribution in [2.24, 2.45) is 0 Å². The zero-order valence-electron chi connectivity index (χ0n) is 3.10. The molecule has 0 atom stereocenters. The molecule has 0 saturated carbocycles. The Morgan fingerprint density at radius 3 is 1.60 bits per heavy atom. The number of carboxylic acid groups (broad SMARTS) is 1. The van der Waals surface area contributed by atoms with E-state index in [0.29, 0.717) is 0 Å². The summed E-state index contributed by atoms with van der Waals surface area (Å²) in [7, 11) is 0. The molecule has 0 rings (SSSR count). The van der Waals surface area contributed by atoms with Crippen LogP contribution in [0, 0.1) is 0 Å². The molecule has 0 aliphatic heterocycles. The van der Waals surface area contributed by atoms with E-state index in [9.17, 15) is 0 Å². The normalized spacial score (nSPS) is 2.40. The van der Waals surface area contributed by atoms with Crippen LogP contribution in [0.3, 0.4) is 0 Å². The zero-order valence-corrected chi connectivity index (χ0v) is 6.07. The van der Waals surface area contributed by atoms with E-state index < -0.39 is 6.47 Å². The van der Waals surface area contributed by atoms with Gasteiger partial charge in [0.1, 0.15) is 0 Å². The van der Waals surface area contributed by atoms with Crippen molar-refractivity contribution < 1.29 is 29.4 Å². The molecule has 26 valence electrons. The molecular formula is CH5NO2Zn+2. The third-order valence-electron chi connectivity index (χ3n) is 0. The molecular weight excluding hydrogens is 123 g/mol. The van der Waals surface area contributed by atoms with Gasteiger partial charge in [0.05, 0.1) is 0 Å². The third-order valence-corrected chi connectivity index (χ3v) is 0. The SMILES string of the molecule is O=C[O-].[NH4+].[Zn+2]. The van der Waals surface area contributed by atoms with Crippen molar-refractivity contribution in [3.05, 3.63) is 0 Å². The average molecular weight is 128 g/mol. The molecule has 5 heavy (non-hydrogen) atoms. The van der Waals surface area contributed by atoms with Crippen LogP contribution in [0.15, 0.2) is 0 Å². The quantitative estimate of drug-likeness (QED) is 0.327. The maximum absolute atomic E-state index is 8.25. The van der Waals surface area contributed by atoms with Gasteiger partial charge in [-0.2, -0.15) is 0 Å². The maximum Gasteiger partial charge on any atom is 2.00 e. The molecule has 0 aromatic carbocycles. The Labute approximate surface area is 42.7 Å². The van der Waals surface area contributed by atoms with Gasteiger partial charge in [0.2, 0.25) is 0 Å². The summed E-state index contributed by atoms with van der Waals surface area (Å²) in [6, 6.07) is 0. The van der Waals surface area contributed by atoms with E-state index in [1.807, 2.05) is 0 Å². The minimum atomic E-state index is -0.500. The van der Waals surface area contributed by atoms with Gasteiger partial charge in [0.15, 0.2) is 0 Å². The van der Waals surface area contributed by atoms with Crippen LogP contribution < -0.4 is 11.3 Å². The third kappa shape index (κ3) is 6000. The van der Waals surface area contributed by atoms with Crippen LogP contribution >= 0.6 is 0 Å². The van der Waals surface area contributed by atoms with Crippen molar-refractivity contribution >= 4 is 6.47 Å². The molecule has 0 radical (unpaired) electrons. The van der Waals surface area contributed by atoms with Crippen LogP contribution in [0.25, 0.3) is 0 Å². The smallest absolute Gasteiger partial charge is 0.554 e. The minimum absolute atomic E-state index is 0. The van der Waals surface area contributed by atoms with Gasteiger partial charge in [-0.15, -0.1) is 0 Å². The molecule has 0 unspecified atom stereocenters. The number of rotatable bonds is 0. The van der Waals surface area contributed by atoms with Crippen LogP contribution in [0.2, 0.25) is 0 Å². The van der Waals surface area contributed by atoms with Gasteiger partial charge >= 0.3 is 19.5 Å². The monoisotopic (exact) mass is 127 g/mol. The van der Waals surface area contributed by atoms with Crippen LogP contribution in [0.5, 0.6) is 0 Å². The topological polar surface area (TPSA) is 76.6 Å². The summed E-state index contributed by atoms with van der Waals surface area (Å²) in [4.78, 5) is 8.25. The molecule has 0 aromatic heterocycles. The second-order valence-electron chi connectivity index (χ2n) is 0.0962. The predicted molar refractivity (Wildman–Crippen MR) is 12.0 cm³/mol. The van der Waals surface area contributed by atoms with Gasteiger partial charge in [-0.05, 0) is 0 Å². The van der Waals surface area contributed by atoms with Crippen LogP contribution in [0.1, 0.15) is 0 Å². The van der Waals surface area contributed by atoms with E-state index >= 15 is 0 Å². The summed E-state index contributed by atoms with van der Waals surface area (Å²) in [5.74, 6) is 0. The van der Waals surface area contributed by atoms with E-state index in [2.05, 4.69) is 0 Å². The first-order chi connectivity index (χ1) is 1.41. The first-order valence-corrected chi connectivity index (χ1v) is 0.471. The molecule has 0 amide bonds. The van der Waals surface area contributed by atoms with Crippen molar-refractivity contribution in [1.29, 1.82) is 0 Å². The number of hydrogen-bond acceptors (Lipinski definition) is 2. The van der Waals surface area contributed by atoms with Crippen molar-refractivity contribution in [2.45, 2.75) is 0 Å². The van der Waals surface area contributed by atoms with Gasteiger partial charge in [-0.3, -0.25) is 0 Å². The summed E-state index contributed by atoms with van der Waals surface area (Å²) >= 11 is 0. The molecule has 0 aromatic rings. The summed E-state index contributed by atoms with van der Waals surface area (Å²) in [6.45, 7) is -0.500. The Kier molecular flexibility index (Phi) is 134. The fraction of sp³-hybridized carbons (Fsp3) is 0. The molecule has 3 nitrogen and oxygen atoms in total. The Morgan fingerprint density at radius 2 is 1.60 bits per heavy atom. The van der Waals surface area contributed by atoms with Crippen LogP contribution in [0.4, 0.5) is 0 Å². The van der Waals surface area contributed by atoms with E-state index in [1.165, 1.54) is 0 Å². The zero-order chi connectivity index (χ0) is 2.71. The van der Waals surface area contributed by atoms with Gasteiger partial charge in [0, 0.05) is 6.47 Å². The van der Waals surface area contributed by atoms with Crippen molar-refractivity contribution in [2.75, 3.05) is 0 Å². The van der Waals surface area contributed by atoms with Crippen LogP contribution in [-0.4, -0.2) is 6.47 Å². The van der Waals surface area contributed by atoms with E-state index in [0.717, 1.165) is 0 Å². The van der Waals surface area contributed by atoms with Gasteiger partial charge in [-0.25, -0.2) is 0 Å². The first-order valence-electron chi connectivity index (χ1n) is 0.471. The van der Waals surface area contributed by atoms with Gasteiger partial charge in [0.25, 0.3) is 0 Å². The Balaban J connectivity index is -0.0000000200. The summed E-state index contributed by atoms with van der Waals surface area (Å²) < 4.78 is 0. The van der Waals surface area contributed by atoms with E-state index in [-0.39, 0.29) is 25.6 Å². The summed E-state index contributed by atoms with van der Waals surface area (Å²) in [6.07, 6.45) is 0. The van der Waals surface area contributed by atoms with E-state index in [4.69, 9.17) is 9.90 Å². The average Bonchev–Trinajstić information content (AvgIpc) is 0.918. The molecule has 0 spiro atoms. The fourth-order valence-electron chi connectivity index (χ4n) is 0. The molecule has 0 saturated heterocycles.